The van der Waals surface area contributed by atoms with Crippen molar-refractivity contribution >= 4 is 5.91 Å². The van der Waals surface area contributed by atoms with E-state index in [1.54, 1.807) is 32.4 Å². The third-order valence-corrected chi connectivity index (χ3v) is 4.70. The fraction of sp³-hybridized carbons (Fsp3) is 0.350. The lowest BCUT2D eigenvalue weighted by Crippen LogP contribution is -2.32. The smallest absolute Gasteiger partial charge is 0.254 e. The second-order valence-corrected chi connectivity index (χ2v) is 6.41. The Bertz CT molecular complexity index is 831. The van der Waals surface area contributed by atoms with Gasteiger partial charge in [-0.25, -0.2) is 0 Å². The van der Waals surface area contributed by atoms with E-state index < -0.39 is 0 Å². The first-order valence-electron chi connectivity index (χ1n) is 8.61. The number of fused-ring (bicyclic) bond motifs is 1. The zero-order valence-electron chi connectivity index (χ0n) is 14.9. The van der Waals surface area contributed by atoms with Crippen molar-refractivity contribution in [2.75, 3.05) is 21.0 Å². The Hall–Kier alpha value is -2.89. The van der Waals surface area contributed by atoms with Gasteiger partial charge >= 0.3 is 0 Å². The molecular formula is C20H21NO5. The highest BCUT2D eigenvalue weighted by molar-refractivity contribution is 5.95. The van der Waals surface area contributed by atoms with Gasteiger partial charge in [-0.1, -0.05) is 0 Å². The molecule has 6 heteroatoms. The quantitative estimate of drug-likeness (QED) is 0.796. The van der Waals surface area contributed by atoms with Gasteiger partial charge in [0, 0.05) is 17.2 Å². The molecule has 0 spiro atoms. The largest absolute Gasteiger partial charge is 0.497 e. The molecule has 1 aliphatic carbocycles. The van der Waals surface area contributed by atoms with Gasteiger partial charge in [-0.05, 0) is 49.2 Å². The number of hydrogen-bond donors (Lipinski definition) is 0. The van der Waals surface area contributed by atoms with Gasteiger partial charge in [0.25, 0.3) is 5.91 Å². The van der Waals surface area contributed by atoms with Crippen LogP contribution in [0.2, 0.25) is 0 Å². The molecule has 26 heavy (non-hydrogen) atoms. The van der Waals surface area contributed by atoms with E-state index in [2.05, 4.69) is 0 Å². The molecule has 4 rings (SSSR count). The lowest BCUT2D eigenvalue weighted by Gasteiger charge is -2.24. The average Bonchev–Trinajstić information content (AvgIpc) is 3.41. The molecule has 1 saturated carbocycles. The van der Waals surface area contributed by atoms with Crippen LogP contribution in [0.25, 0.3) is 0 Å². The Labute approximate surface area is 152 Å². The number of ether oxygens (including phenoxy) is 4. The molecule has 6 nitrogen and oxygen atoms in total. The van der Waals surface area contributed by atoms with Gasteiger partial charge in [0.2, 0.25) is 6.79 Å². The molecule has 1 heterocycles. The van der Waals surface area contributed by atoms with Gasteiger partial charge in [0.1, 0.15) is 11.5 Å². The van der Waals surface area contributed by atoms with Crippen LogP contribution in [-0.2, 0) is 6.54 Å². The highest BCUT2D eigenvalue weighted by atomic mass is 16.7. The maximum atomic E-state index is 13.1. The average molecular weight is 355 g/mol. The summed E-state index contributed by atoms with van der Waals surface area (Å²) in [6, 6.07) is 11.2. The van der Waals surface area contributed by atoms with E-state index in [4.69, 9.17) is 18.9 Å². The number of hydrogen-bond acceptors (Lipinski definition) is 5. The van der Waals surface area contributed by atoms with E-state index in [0.717, 1.165) is 29.9 Å². The summed E-state index contributed by atoms with van der Waals surface area (Å²) in [5.74, 6) is 2.76. The first-order chi connectivity index (χ1) is 12.7. The number of rotatable bonds is 6. The number of benzene rings is 2. The van der Waals surface area contributed by atoms with Gasteiger partial charge in [-0.3, -0.25) is 4.79 Å². The lowest BCUT2D eigenvalue weighted by atomic mass is 10.1. The third kappa shape index (κ3) is 3.14. The number of carbonyl (C=O) groups is 1. The van der Waals surface area contributed by atoms with Crippen molar-refractivity contribution in [1.29, 1.82) is 0 Å². The molecule has 1 fully saturated rings. The van der Waals surface area contributed by atoms with Crippen molar-refractivity contribution in [2.45, 2.75) is 25.4 Å². The second-order valence-electron chi connectivity index (χ2n) is 6.41. The van der Waals surface area contributed by atoms with Crippen LogP contribution in [0.15, 0.2) is 36.4 Å². The fourth-order valence-electron chi connectivity index (χ4n) is 3.14. The minimum atomic E-state index is -0.0179. The molecule has 2 aliphatic rings. The Morgan fingerprint density at radius 2 is 1.88 bits per heavy atom. The summed E-state index contributed by atoms with van der Waals surface area (Å²) in [7, 11) is 3.26. The number of methoxy groups -OCH3 is 2. The monoisotopic (exact) mass is 355 g/mol. The molecule has 0 unspecified atom stereocenters. The van der Waals surface area contributed by atoms with Crippen molar-refractivity contribution in [2.24, 2.45) is 0 Å². The van der Waals surface area contributed by atoms with E-state index in [0.29, 0.717) is 23.6 Å². The molecule has 0 atom stereocenters. The number of amides is 1. The minimum Gasteiger partial charge on any atom is -0.497 e. The van der Waals surface area contributed by atoms with Crippen LogP contribution in [-0.4, -0.2) is 37.9 Å². The van der Waals surface area contributed by atoms with E-state index >= 15 is 0 Å². The molecule has 0 saturated heterocycles. The molecule has 2 aromatic rings. The highest BCUT2D eigenvalue weighted by Gasteiger charge is 2.34. The van der Waals surface area contributed by atoms with Crippen molar-refractivity contribution in [3.8, 4) is 23.0 Å². The van der Waals surface area contributed by atoms with Gasteiger partial charge in [0.05, 0.1) is 20.8 Å². The topological polar surface area (TPSA) is 57.2 Å². The zero-order valence-corrected chi connectivity index (χ0v) is 14.9. The van der Waals surface area contributed by atoms with E-state index in [1.165, 1.54) is 0 Å². The summed E-state index contributed by atoms with van der Waals surface area (Å²) in [5, 5.41) is 0. The second kappa shape index (κ2) is 6.78. The standard InChI is InChI=1S/C20H21NO5/c1-23-16-6-8-17(24-2)14(9-16)11-21(15-4-5-15)20(22)13-3-7-18-19(10-13)26-12-25-18/h3,6-10,15H,4-5,11-12H2,1-2H3. The molecule has 0 radical (unpaired) electrons. The van der Waals surface area contributed by atoms with Crippen LogP contribution in [0.4, 0.5) is 0 Å². The van der Waals surface area contributed by atoms with E-state index in [-0.39, 0.29) is 18.7 Å². The number of nitrogens with zero attached hydrogens (tertiary/aromatic N) is 1. The Morgan fingerprint density at radius 1 is 1.08 bits per heavy atom. The normalized spacial score (nSPS) is 14.8. The summed E-state index contributed by atoms with van der Waals surface area (Å²) in [6.07, 6.45) is 2.03. The van der Waals surface area contributed by atoms with Crippen LogP contribution >= 0.6 is 0 Å². The highest BCUT2D eigenvalue weighted by Crippen LogP contribution is 2.36. The Kier molecular flexibility index (Phi) is 4.32. The summed E-state index contributed by atoms with van der Waals surface area (Å²) in [6.45, 7) is 0.665. The lowest BCUT2D eigenvalue weighted by molar-refractivity contribution is 0.0728. The third-order valence-electron chi connectivity index (χ3n) is 4.70. The van der Waals surface area contributed by atoms with Gasteiger partial charge in [-0.2, -0.15) is 0 Å². The van der Waals surface area contributed by atoms with E-state index in [1.807, 2.05) is 23.1 Å². The fourth-order valence-corrected chi connectivity index (χ4v) is 3.14. The van der Waals surface area contributed by atoms with Gasteiger partial charge in [0.15, 0.2) is 11.5 Å². The summed E-state index contributed by atoms with van der Waals surface area (Å²) in [4.78, 5) is 15.0. The molecule has 1 aliphatic heterocycles. The summed E-state index contributed by atoms with van der Waals surface area (Å²) in [5.41, 5.74) is 1.52. The zero-order chi connectivity index (χ0) is 18.1. The van der Waals surface area contributed by atoms with Crippen molar-refractivity contribution < 1.29 is 23.7 Å². The SMILES string of the molecule is COc1ccc(OC)c(CN(C(=O)c2ccc3c(c2)OCO3)C2CC2)c1. The van der Waals surface area contributed by atoms with Crippen molar-refractivity contribution in [3.63, 3.8) is 0 Å². The Balaban J connectivity index is 1.61. The summed E-state index contributed by atoms with van der Waals surface area (Å²) < 4.78 is 21.5. The molecule has 0 N–H and O–H groups in total. The first kappa shape index (κ1) is 16.6. The minimum absolute atomic E-state index is 0.0179. The van der Waals surface area contributed by atoms with Crippen LogP contribution in [0.1, 0.15) is 28.8 Å². The van der Waals surface area contributed by atoms with Crippen LogP contribution < -0.4 is 18.9 Å². The Morgan fingerprint density at radius 3 is 2.62 bits per heavy atom. The van der Waals surface area contributed by atoms with Crippen LogP contribution in [0.5, 0.6) is 23.0 Å². The van der Waals surface area contributed by atoms with Crippen molar-refractivity contribution in [1.82, 2.24) is 4.90 Å². The summed E-state index contributed by atoms with van der Waals surface area (Å²) >= 11 is 0. The molecule has 0 bridgehead atoms. The van der Waals surface area contributed by atoms with Crippen molar-refractivity contribution in [3.05, 3.63) is 47.5 Å². The molecule has 136 valence electrons. The molecule has 1 amide bonds. The van der Waals surface area contributed by atoms with E-state index in [9.17, 15) is 4.79 Å². The van der Waals surface area contributed by atoms with Gasteiger partial charge in [-0.15, -0.1) is 0 Å². The molecular weight excluding hydrogens is 334 g/mol. The predicted molar refractivity (Wildman–Crippen MR) is 95.0 cm³/mol. The molecule has 2 aromatic carbocycles. The molecule has 0 aromatic heterocycles. The maximum Gasteiger partial charge on any atom is 0.254 e. The van der Waals surface area contributed by atoms with Gasteiger partial charge < -0.3 is 23.8 Å². The van der Waals surface area contributed by atoms with Crippen LogP contribution in [0, 0.1) is 0 Å². The predicted octanol–water partition coefficient (Wildman–Crippen LogP) is 3.24. The van der Waals surface area contributed by atoms with Crippen LogP contribution in [0.3, 0.4) is 0 Å². The number of carbonyl (C=O) groups excluding carboxylic acids is 1. The first-order valence-corrected chi connectivity index (χ1v) is 8.61. The maximum absolute atomic E-state index is 13.1.